The van der Waals surface area contributed by atoms with Crippen molar-refractivity contribution in [3.63, 3.8) is 0 Å². The van der Waals surface area contributed by atoms with Gasteiger partial charge >= 0.3 is 5.69 Å². The lowest BCUT2D eigenvalue weighted by Crippen LogP contribution is -2.49. The topological polar surface area (TPSA) is 61.7 Å². The summed E-state index contributed by atoms with van der Waals surface area (Å²) in [6, 6.07) is 5.80. The van der Waals surface area contributed by atoms with Gasteiger partial charge < -0.3 is 9.80 Å². The molecule has 4 heterocycles. The van der Waals surface area contributed by atoms with Gasteiger partial charge in [0.2, 0.25) is 5.91 Å². The second-order valence-electron chi connectivity index (χ2n) is 10.5. The molecule has 3 aliphatic rings. The fourth-order valence-electron chi connectivity index (χ4n) is 6.14. The Morgan fingerprint density at radius 2 is 1.85 bits per heavy atom. The van der Waals surface area contributed by atoms with E-state index in [1.54, 1.807) is 21.2 Å². The Kier molecular flexibility index (Phi) is 6.93. The van der Waals surface area contributed by atoms with Crippen molar-refractivity contribution in [2.24, 2.45) is 0 Å². The molecule has 1 unspecified atom stereocenters. The standard InChI is InChI=1S/C29H31F2N5O2S/c1-3-24(37)34-10-12-35(13-11-34)28-22-14-18(2)25(21-7-6-19(30)15-23(21)31)27-26(22)36(29(38)32-28)16-20(17-39-27)33-8-4-5-9-33/h3,6-7,14-15,20H,1,4-5,8-13,16-17H2,2H3. The molecule has 0 aliphatic carbocycles. The zero-order valence-electron chi connectivity index (χ0n) is 22.0. The lowest BCUT2D eigenvalue weighted by atomic mass is 9.97. The van der Waals surface area contributed by atoms with Crippen LogP contribution in [0.15, 0.2) is 46.6 Å². The molecule has 1 aromatic heterocycles. The number of hydrogen-bond donors (Lipinski definition) is 0. The van der Waals surface area contributed by atoms with Crippen LogP contribution in [0.5, 0.6) is 0 Å². The van der Waals surface area contributed by atoms with Gasteiger partial charge in [-0.1, -0.05) is 6.58 Å². The Hall–Kier alpha value is -3.24. The van der Waals surface area contributed by atoms with Crippen LogP contribution in [-0.4, -0.2) is 76.3 Å². The number of piperazine rings is 1. The Morgan fingerprint density at radius 3 is 2.54 bits per heavy atom. The van der Waals surface area contributed by atoms with Crippen molar-refractivity contribution in [2.75, 3.05) is 49.9 Å². The van der Waals surface area contributed by atoms with E-state index in [2.05, 4.69) is 21.4 Å². The molecule has 2 saturated heterocycles. The minimum atomic E-state index is -0.625. The van der Waals surface area contributed by atoms with Crippen LogP contribution in [0.2, 0.25) is 0 Å². The summed E-state index contributed by atoms with van der Waals surface area (Å²) in [5.41, 5.74) is 2.28. The zero-order valence-corrected chi connectivity index (χ0v) is 22.8. The first-order chi connectivity index (χ1) is 18.9. The van der Waals surface area contributed by atoms with Crippen LogP contribution in [0.4, 0.5) is 14.6 Å². The van der Waals surface area contributed by atoms with Gasteiger partial charge in [-0.2, -0.15) is 4.98 Å². The van der Waals surface area contributed by atoms with Gasteiger partial charge in [-0.3, -0.25) is 14.3 Å². The van der Waals surface area contributed by atoms with E-state index < -0.39 is 11.6 Å². The minimum absolute atomic E-state index is 0.109. The lowest BCUT2D eigenvalue weighted by Gasteiger charge is -2.35. The number of benzene rings is 2. The summed E-state index contributed by atoms with van der Waals surface area (Å²) >= 11 is 1.64. The molecule has 204 valence electrons. The van der Waals surface area contributed by atoms with Crippen LogP contribution in [-0.2, 0) is 11.3 Å². The van der Waals surface area contributed by atoms with Crippen LogP contribution in [0.25, 0.3) is 22.0 Å². The average Bonchev–Trinajstić information content (AvgIpc) is 3.39. The third kappa shape index (κ3) is 4.63. The third-order valence-corrected chi connectivity index (χ3v) is 9.37. The van der Waals surface area contributed by atoms with Gasteiger partial charge in [0.25, 0.3) is 0 Å². The number of anilines is 1. The van der Waals surface area contributed by atoms with Gasteiger partial charge in [-0.05, 0) is 62.7 Å². The third-order valence-electron chi connectivity index (χ3n) is 8.13. The van der Waals surface area contributed by atoms with Crippen molar-refractivity contribution in [2.45, 2.75) is 37.2 Å². The molecule has 0 N–H and O–H groups in total. The number of carbonyl (C=O) groups excluding carboxylic acids is 1. The lowest BCUT2D eigenvalue weighted by molar-refractivity contribution is -0.126. The van der Waals surface area contributed by atoms with E-state index in [-0.39, 0.29) is 17.6 Å². The molecule has 0 spiro atoms. The van der Waals surface area contributed by atoms with E-state index in [4.69, 9.17) is 0 Å². The van der Waals surface area contributed by atoms with Gasteiger partial charge in [0.1, 0.15) is 17.5 Å². The van der Waals surface area contributed by atoms with Crippen molar-refractivity contribution < 1.29 is 13.6 Å². The normalized spacial score (nSPS) is 19.9. The molecule has 2 aromatic carbocycles. The molecule has 2 fully saturated rings. The number of likely N-dealkylation sites (tertiary alicyclic amines) is 1. The Balaban J connectivity index is 1.53. The number of amides is 1. The van der Waals surface area contributed by atoms with Crippen LogP contribution < -0.4 is 10.6 Å². The molecule has 0 saturated carbocycles. The largest absolute Gasteiger partial charge is 0.352 e. The highest BCUT2D eigenvalue weighted by Crippen LogP contribution is 2.44. The molecule has 1 atom stereocenters. The average molecular weight is 552 g/mol. The minimum Gasteiger partial charge on any atom is -0.352 e. The van der Waals surface area contributed by atoms with E-state index in [0.29, 0.717) is 49.7 Å². The Bertz CT molecular complexity index is 1530. The molecule has 1 amide bonds. The summed E-state index contributed by atoms with van der Waals surface area (Å²) in [4.78, 5) is 37.5. The maximum absolute atomic E-state index is 15.2. The van der Waals surface area contributed by atoms with Crippen LogP contribution >= 0.6 is 11.8 Å². The van der Waals surface area contributed by atoms with E-state index in [1.165, 1.54) is 18.2 Å². The van der Waals surface area contributed by atoms with Crippen LogP contribution in [0.1, 0.15) is 18.4 Å². The fourth-order valence-corrected chi connectivity index (χ4v) is 7.59. The van der Waals surface area contributed by atoms with Crippen LogP contribution in [0, 0.1) is 18.6 Å². The maximum atomic E-state index is 15.2. The number of aromatic nitrogens is 2. The highest BCUT2D eigenvalue weighted by atomic mass is 32.2. The van der Waals surface area contributed by atoms with E-state index in [1.807, 2.05) is 13.0 Å². The van der Waals surface area contributed by atoms with Crippen molar-refractivity contribution in [1.29, 1.82) is 0 Å². The summed E-state index contributed by atoms with van der Waals surface area (Å²) in [6.45, 7) is 10.1. The fraction of sp³-hybridized carbons (Fsp3) is 0.414. The molecule has 10 heteroatoms. The van der Waals surface area contributed by atoms with Gasteiger partial charge in [0.15, 0.2) is 0 Å². The number of carbonyl (C=O) groups is 1. The molecule has 3 aromatic rings. The summed E-state index contributed by atoms with van der Waals surface area (Å²) < 4.78 is 30.8. The molecule has 7 nitrogen and oxygen atoms in total. The molecule has 0 bridgehead atoms. The highest BCUT2D eigenvalue weighted by molar-refractivity contribution is 7.99. The van der Waals surface area contributed by atoms with Gasteiger partial charge in [0.05, 0.1) is 5.52 Å². The number of aryl methyl sites for hydroxylation is 1. The summed E-state index contributed by atoms with van der Waals surface area (Å²) in [6.07, 6.45) is 3.60. The molecular formula is C29H31F2N5O2S. The number of nitrogens with zero attached hydrogens (tertiary/aromatic N) is 5. The van der Waals surface area contributed by atoms with E-state index in [9.17, 15) is 14.0 Å². The summed E-state index contributed by atoms with van der Waals surface area (Å²) in [5, 5.41) is 0.839. The number of halogens is 2. The number of thioether (sulfide) groups is 1. The van der Waals surface area contributed by atoms with Crippen molar-refractivity contribution in [1.82, 2.24) is 19.4 Å². The highest BCUT2D eigenvalue weighted by Gasteiger charge is 2.32. The molecule has 39 heavy (non-hydrogen) atoms. The number of rotatable bonds is 4. The Labute approximate surface area is 230 Å². The monoisotopic (exact) mass is 551 g/mol. The van der Waals surface area contributed by atoms with Gasteiger partial charge in [0, 0.05) is 72.0 Å². The zero-order chi connectivity index (χ0) is 27.3. The van der Waals surface area contributed by atoms with Crippen molar-refractivity contribution in [3.05, 3.63) is 64.6 Å². The predicted octanol–water partition coefficient (Wildman–Crippen LogP) is 4.05. The predicted molar refractivity (Wildman–Crippen MR) is 150 cm³/mol. The maximum Gasteiger partial charge on any atom is 0.350 e. The summed E-state index contributed by atoms with van der Waals surface area (Å²) in [7, 11) is 0. The molecule has 0 radical (unpaired) electrons. The second-order valence-corrected chi connectivity index (χ2v) is 11.5. The van der Waals surface area contributed by atoms with Gasteiger partial charge in [-0.25, -0.2) is 13.6 Å². The second kappa shape index (κ2) is 10.4. The van der Waals surface area contributed by atoms with Gasteiger partial charge in [-0.15, -0.1) is 11.8 Å². The molecule has 6 rings (SSSR count). The van der Waals surface area contributed by atoms with Crippen LogP contribution in [0.3, 0.4) is 0 Å². The van der Waals surface area contributed by atoms with E-state index in [0.717, 1.165) is 59.1 Å². The summed E-state index contributed by atoms with van der Waals surface area (Å²) in [5.74, 6) is -0.0110. The quantitative estimate of drug-likeness (QED) is 0.456. The first kappa shape index (κ1) is 26.0. The Morgan fingerprint density at radius 1 is 1.10 bits per heavy atom. The molecular weight excluding hydrogens is 520 g/mol. The first-order valence-corrected chi connectivity index (χ1v) is 14.4. The molecule has 3 aliphatic heterocycles. The number of hydrogen-bond acceptors (Lipinski definition) is 6. The SMILES string of the molecule is C=CC(=O)N1CCN(c2nc(=O)n3c4c(c(-c5ccc(F)cc5F)c(C)cc24)SCC(N2CCCC2)C3)CC1. The van der Waals surface area contributed by atoms with E-state index >= 15 is 4.39 Å². The first-order valence-electron chi connectivity index (χ1n) is 13.4. The van der Waals surface area contributed by atoms with Crippen molar-refractivity contribution in [3.8, 4) is 11.1 Å². The van der Waals surface area contributed by atoms with Crippen molar-refractivity contribution >= 4 is 34.4 Å². The smallest absolute Gasteiger partial charge is 0.350 e.